The monoisotopic (exact) mass is 306 g/mol. The minimum atomic E-state index is 0. The van der Waals surface area contributed by atoms with Crippen molar-refractivity contribution in [1.29, 1.82) is 0 Å². The van der Waals surface area contributed by atoms with Gasteiger partial charge in [0.1, 0.15) is 5.75 Å². The van der Waals surface area contributed by atoms with Crippen LogP contribution in [-0.2, 0) is 6.54 Å². The zero-order valence-electron chi connectivity index (χ0n) is 12.4. The Bertz CT molecular complexity index is 602. The molecule has 2 N–H and O–H groups in total. The van der Waals surface area contributed by atoms with Crippen LogP contribution in [0.25, 0.3) is 10.8 Å². The van der Waals surface area contributed by atoms with E-state index in [1.54, 1.807) is 7.11 Å². The van der Waals surface area contributed by atoms with Gasteiger partial charge < -0.3 is 10.5 Å². The van der Waals surface area contributed by atoms with Gasteiger partial charge in [-0.15, -0.1) is 12.4 Å². The van der Waals surface area contributed by atoms with E-state index in [1.165, 1.54) is 22.8 Å². The van der Waals surface area contributed by atoms with Crippen LogP contribution in [0.1, 0.15) is 12.0 Å². The smallest absolute Gasteiger partial charge is 0.123 e. The number of likely N-dealkylation sites (tertiary alicyclic amines) is 1. The van der Waals surface area contributed by atoms with E-state index in [9.17, 15) is 0 Å². The molecular weight excluding hydrogens is 284 g/mol. The van der Waals surface area contributed by atoms with Crippen LogP contribution in [0.15, 0.2) is 36.4 Å². The van der Waals surface area contributed by atoms with Crippen LogP contribution in [-0.4, -0.2) is 31.6 Å². The Hall–Kier alpha value is -1.29. The first-order valence-corrected chi connectivity index (χ1v) is 7.29. The number of fused-ring (bicyclic) bond motifs is 1. The quantitative estimate of drug-likeness (QED) is 0.943. The third-order valence-electron chi connectivity index (χ3n) is 4.30. The van der Waals surface area contributed by atoms with Gasteiger partial charge in [-0.25, -0.2) is 0 Å². The summed E-state index contributed by atoms with van der Waals surface area (Å²) in [4.78, 5) is 2.49. The summed E-state index contributed by atoms with van der Waals surface area (Å²) < 4.78 is 5.57. The predicted molar refractivity (Wildman–Crippen MR) is 90.2 cm³/mol. The summed E-state index contributed by atoms with van der Waals surface area (Å²) in [7, 11) is 1.75. The molecule has 0 saturated carbocycles. The highest BCUT2D eigenvalue weighted by Gasteiger charge is 2.22. The van der Waals surface area contributed by atoms with Crippen molar-refractivity contribution in [2.24, 2.45) is 11.7 Å². The van der Waals surface area contributed by atoms with Crippen molar-refractivity contribution in [3.05, 3.63) is 42.0 Å². The molecule has 1 saturated heterocycles. The lowest BCUT2D eigenvalue weighted by molar-refractivity contribution is 0.311. The SMILES string of the molecule is COc1ccc2ccccc2c1CN1CCC(CN)C1.Cl. The number of nitrogens with two attached hydrogens (primary N) is 1. The first-order valence-electron chi connectivity index (χ1n) is 7.29. The third kappa shape index (κ3) is 3.31. The van der Waals surface area contributed by atoms with Gasteiger partial charge in [0.15, 0.2) is 0 Å². The van der Waals surface area contributed by atoms with Gasteiger partial charge in [-0.05, 0) is 42.3 Å². The molecule has 1 aliphatic heterocycles. The molecule has 0 amide bonds. The number of hydrogen-bond donors (Lipinski definition) is 1. The Labute approximate surface area is 132 Å². The van der Waals surface area contributed by atoms with Crippen molar-refractivity contribution in [3.63, 3.8) is 0 Å². The summed E-state index contributed by atoms with van der Waals surface area (Å²) in [6, 6.07) is 12.7. The first-order chi connectivity index (χ1) is 9.81. The van der Waals surface area contributed by atoms with Crippen molar-refractivity contribution in [2.75, 3.05) is 26.7 Å². The van der Waals surface area contributed by atoms with Crippen LogP contribution >= 0.6 is 12.4 Å². The highest BCUT2D eigenvalue weighted by atomic mass is 35.5. The molecule has 0 spiro atoms. The summed E-state index contributed by atoms with van der Waals surface area (Å²) in [6.45, 7) is 3.97. The molecule has 21 heavy (non-hydrogen) atoms. The zero-order valence-corrected chi connectivity index (χ0v) is 13.2. The molecule has 3 rings (SSSR count). The standard InChI is InChI=1S/C17H22N2O.ClH/c1-20-17-7-6-14-4-2-3-5-15(14)16(17)12-19-9-8-13(10-18)11-19;/h2-7,13H,8-12,18H2,1H3;1H. The molecule has 1 atom stereocenters. The van der Waals surface area contributed by atoms with E-state index in [4.69, 9.17) is 10.5 Å². The van der Waals surface area contributed by atoms with E-state index in [0.717, 1.165) is 31.9 Å². The van der Waals surface area contributed by atoms with Crippen molar-refractivity contribution in [1.82, 2.24) is 4.90 Å². The average molecular weight is 307 g/mol. The molecule has 1 heterocycles. The number of ether oxygens (including phenoxy) is 1. The van der Waals surface area contributed by atoms with Crippen LogP contribution in [0, 0.1) is 5.92 Å². The Balaban J connectivity index is 0.00000161. The Morgan fingerprint density at radius 3 is 2.76 bits per heavy atom. The maximum absolute atomic E-state index is 5.78. The van der Waals surface area contributed by atoms with Crippen LogP contribution < -0.4 is 10.5 Å². The lowest BCUT2D eigenvalue weighted by atomic mass is 10.0. The molecule has 2 aromatic carbocycles. The number of rotatable bonds is 4. The van der Waals surface area contributed by atoms with Gasteiger partial charge in [-0.2, -0.15) is 0 Å². The molecule has 0 radical (unpaired) electrons. The van der Waals surface area contributed by atoms with E-state index in [0.29, 0.717) is 5.92 Å². The van der Waals surface area contributed by atoms with Crippen molar-refractivity contribution >= 4 is 23.2 Å². The highest BCUT2D eigenvalue weighted by molar-refractivity contribution is 5.87. The van der Waals surface area contributed by atoms with Gasteiger partial charge in [0.05, 0.1) is 7.11 Å². The molecule has 2 aromatic rings. The predicted octanol–water partition coefficient (Wildman–Crippen LogP) is 3.05. The molecule has 3 nitrogen and oxygen atoms in total. The number of benzene rings is 2. The van der Waals surface area contributed by atoms with E-state index in [1.807, 2.05) is 0 Å². The second kappa shape index (κ2) is 7.12. The zero-order chi connectivity index (χ0) is 13.9. The summed E-state index contributed by atoms with van der Waals surface area (Å²) in [5.74, 6) is 1.64. The second-order valence-electron chi connectivity index (χ2n) is 5.59. The molecule has 0 aliphatic carbocycles. The Kier molecular flexibility index (Phi) is 5.45. The largest absolute Gasteiger partial charge is 0.496 e. The lowest BCUT2D eigenvalue weighted by Gasteiger charge is -2.19. The van der Waals surface area contributed by atoms with Gasteiger partial charge in [0.2, 0.25) is 0 Å². The van der Waals surface area contributed by atoms with Gasteiger partial charge in [-0.3, -0.25) is 4.90 Å². The third-order valence-corrected chi connectivity index (χ3v) is 4.30. The Morgan fingerprint density at radius 2 is 2.05 bits per heavy atom. The number of hydrogen-bond acceptors (Lipinski definition) is 3. The number of nitrogens with zero attached hydrogens (tertiary/aromatic N) is 1. The van der Waals surface area contributed by atoms with Crippen molar-refractivity contribution in [3.8, 4) is 5.75 Å². The van der Waals surface area contributed by atoms with Gasteiger partial charge in [0.25, 0.3) is 0 Å². The van der Waals surface area contributed by atoms with Gasteiger partial charge >= 0.3 is 0 Å². The fraction of sp³-hybridized carbons (Fsp3) is 0.412. The van der Waals surface area contributed by atoms with Crippen molar-refractivity contribution in [2.45, 2.75) is 13.0 Å². The van der Waals surface area contributed by atoms with E-state index >= 15 is 0 Å². The maximum atomic E-state index is 5.78. The summed E-state index contributed by atoms with van der Waals surface area (Å²) in [5.41, 5.74) is 7.08. The van der Waals surface area contributed by atoms with E-state index in [-0.39, 0.29) is 12.4 Å². The minimum Gasteiger partial charge on any atom is -0.496 e. The molecule has 1 aliphatic rings. The molecular formula is C17H23ClN2O. The van der Waals surface area contributed by atoms with E-state index < -0.39 is 0 Å². The summed E-state index contributed by atoms with van der Waals surface area (Å²) in [6.07, 6.45) is 1.21. The van der Waals surface area contributed by atoms with Crippen LogP contribution in [0.5, 0.6) is 5.75 Å². The molecule has 1 fully saturated rings. The molecule has 1 unspecified atom stereocenters. The van der Waals surface area contributed by atoms with Gasteiger partial charge in [-0.1, -0.05) is 30.3 Å². The van der Waals surface area contributed by atoms with Crippen LogP contribution in [0.3, 0.4) is 0 Å². The maximum Gasteiger partial charge on any atom is 0.123 e. The molecule has 0 aromatic heterocycles. The van der Waals surface area contributed by atoms with Gasteiger partial charge in [0, 0.05) is 18.7 Å². The molecule has 0 bridgehead atoms. The molecule has 4 heteroatoms. The van der Waals surface area contributed by atoms with Crippen LogP contribution in [0.4, 0.5) is 0 Å². The lowest BCUT2D eigenvalue weighted by Crippen LogP contribution is -2.23. The first kappa shape index (κ1) is 16.1. The summed E-state index contributed by atoms with van der Waals surface area (Å²) in [5, 5.41) is 2.57. The van der Waals surface area contributed by atoms with Crippen LogP contribution in [0.2, 0.25) is 0 Å². The number of halogens is 1. The topological polar surface area (TPSA) is 38.5 Å². The highest BCUT2D eigenvalue weighted by Crippen LogP contribution is 2.30. The fourth-order valence-corrected chi connectivity index (χ4v) is 3.14. The van der Waals surface area contributed by atoms with Crippen molar-refractivity contribution < 1.29 is 4.74 Å². The van der Waals surface area contributed by atoms with E-state index in [2.05, 4.69) is 41.3 Å². The Morgan fingerprint density at radius 1 is 1.24 bits per heavy atom. The minimum absolute atomic E-state index is 0. The number of methoxy groups -OCH3 is 1. The second-order valence-corrected chi connectivity index (χ2v) is 5.59. The fourth-order valence-electron chi connectivity index (χ4n) is 3.14. The average Bonchev–Trinajstić information content (AvgIpc) is 2.95. The molecule has 114 valence electrons. The normalized spacial score (nSPS) is 18.7. The summed E-state index contributed by atoms with van der Waals surface area (Å²) >= 11 is 0.